The lowest BCUT2D eigenvalue weighted by molar-refractivity contribution is 0.0952. The first-order valence-electron chi connectivity index (χ1n) is 10.5. The van der Waals surface area contributed by atoms with E-state index in [4.69, 9.17) is 8.94 Å². The van der Waals surface area contributed by atoms with Gasteiger partial charge in [-0.05, 0) is 42.8 Å². The predicted octanol–water partition coefficient (Wildman–Crippen LogP) is 3.75. The van der Waals surface area contributed by atoms with E-state index in [1.165, 1.54) is 10.6 Å². The van der Waals surface area contributed by atoms with E-state index in [0.29, 0.717) is 41.2 Å². The standard InChI is InChI=1S/C23H24N4O5S/c1-4-27(5-2)33(29,30)17-10-8-16(9-11-17)14-24-22(28)18-13-19(20-7-6-12-31-20)25-23-21(18)15(3)26-32-23/h6-13H,4-5,14H2,1-3H3,(H,24,28). The van der Waals surface area contributed by atoms with Crippen LogP contribution in [0, 0.1) is 6.92 Å². The summed E-state index contributed by atoms with van der Waals surface area (Å²) >= 11 is 0. The molecule has 172 valence electrons. The van der Waals surface area contributed by atoms with Gasteiger partial charge in [0.05, 0.1) is 27.8 Å². The van der Waals surface area contributed by atoms with E-state index in [9.17, 15) is 13.2 Å². The minimum Gasteiger partial charge on any atom is -0.463 e. The molecule has 0 saturated heterocycles. The van der Waals surface area contributed by atoms with Crippen molar-refractivity contribution in [1.82, 2.24) is 19.8 Å². The Labute approximate surface area is 191 Å². The van der Waals surface area contributed by atoms with E-state index in [1.807, 2.05) is 0 Å². The van der Waals surface area contributed by atoms with Gasteiger partial charge in [0, 0.05) is 19.6 Å². The van der Waals surface area contributed by atoms with Crippen LogP contribution in [-0.2, 0) is 16.6 Å². The minimum absolute atomic E-state index is 0.217. The quantitative estimate of drug-likeness (QED) is 0.418. The van der Waals surface area contributed by atoms with Crippen LogP contribution in [0.25, 0.3) is 22.6 Å². The normalized spacial score (nSPS) is 11.9. The van der Waals surface area contributed by atoms with Crippen LogP contribution in [0.2, 0.25) is 0 Å². The third-order valence-corrected chi connectivity index (χ3v) is 7.42. The summed E-state index contributed by atoms with van der Waals surface area (Å²) < 4.78 is 37.4. The molecule has 0 saturated carbocycles. The zero-order valence-electron chi connectivity index (χ0n) is 18.5. The molecule has 1 amide bonds. The number of pyridine rings is 1. The second-order valence-corrected chi connectivity index (χ2v) is 9.33. The predicted molar refractivity (Wildman–Crippen MR) is 122 cm³/mol. The van der Waals surface area contributed by atoms with Gasteiger partial charge in [0.15, 0.2) is 5.76 Å². The maximum Gasteiger partial charge on any atom is 0.259 e. The highest BCUT2D eigenvalue weighted by Gasteiger charge is 2.22. The van der Waals surface area contributed by atoms with E-state index >= 15 is 0 Å². The highest BCUT2D eigenvalue weighted by molar-refractivity contribution is 7.89. The zero-order valence-corrected chi connectivity index (χ0v) is 19.3. The number of hydrogen-bond donors (Lipinski definition) is 1. The number of sulfonamides is 1. The van der Waals surface area contributed by atoms with Crippen molar-refractivity contribution >= 4 is 27.0 Å². The third kappa shape index (κ3) is 4.39. The highest BCUT2D eigenvalue weighted by Crippen LogP contribution is 2.27. The monoisotopic (exact) mass is 468 g/mol. The summed E-state index contributed by atoms with van der Waals surface area (Å²) in [5.41, 5.74) is 2.39. The highest BCUT2D eigenvalue weighted by atomic mass is 32.2. The van der Waals surface area contributed by atoms with Crippen molar-refractivity contribution < 1.29 is 22.2 Å². The van der Waals surface area contributed by atoms with E-state index in [1.54, 1.807) is 63.2 Å². The van der Waals surface area contributed by atoms with Crippen LogP contribution >= 0.6 is 0 Å². The lowest BCUT2D eigenvalue weighted by atomic mass is 10.1. The van der Waals surface area contributed by atoms with Gasteiger partial charge in [-0.25, -0.2) is 13.4 Å². The molecule has 33 heavy (non-hydrogen) atoms. The lowest BCUT2D eigenvalue weighted by Crippen LogP contribution is -2.30. The van der Waals surface area contributed by atoms with Gasteiger partial charge in [0.1, 0.15) is 5.69 Å². The molecule has 4 rings (SSSR count). The molecule has 10 heteroatoms. The largest absolute Gasteiger partial charge is 0.463 e. The van der Waals surface area contributed by atoms with E-state index in [-0.39, 0.29) is 23.1 Å². The zero-order chi connectivity index (χ0) is 23.6. The van der Waals surface area contributed by atoms with Gasteiger partial charge in [-0.1, -0.05) is 31.1 Å². The third-order valence-electron chi connectivity index (χ3n) is 5.35. The molecule has 0 atom stereocenters. The van der Waals surface area contributed by atoms with Crippen molar-refractivity contribution in [3.8, 4) is 11.5 Å². The summed E-state index contributed by atoms with van der Waals surface area (Å²) in [7, 11) is -3.53. The first kappa shape index (κ1) is 22.7. The number of carbonyl (C=O) groups excluding carboxylic acids is 1. The molecule has 3 aromatic heterocycles. The number of aromatic nitrogens is 2. The molecule has 1 N–H and O–H groups in total. The average Bonchev–Trinajstić information content (AvgIpc) is 3.48. The van der Waals surface area contributed by atoms with Crippen molar-refractivity contribution in [2.24, 2.45) is 0 Å². The summed E-state index contributed by atoms with van der Waals surface area (Å²) in [5.74, 6) is 0.173. The average molecular weight is 469 g/mol. The lowest BCUT2D eigenvalue weighted by Gasteiger charge is -2.18. The van der Waals surface area contributed by atoms with Crippen molar-refractivity contribution in [3.63, 3.8) is 0 Å². The first-order valence-corrected chi connectivity index (χ1v) is 12.0. The molecule has 0 unspecified atom stereocenters. The fourth-order valence-electron chi connectivity index (χ4n) is 3.59. The van der Waals surface area contributed by atoms with Crippen LogP contribution in [-0.4, -0.2) is 41.9 Å². The molecule has 3 heterocycles. The summed E-state index contributed by atoms with van der Waals surface area (Å²) in [6.07, 6.45) is 1.52. The fraction of sp³-hybridized carbons (Fsp3) is 0.261. The molecule has 0 aliphatic rings. The van der Waals surface area contributed by atoms with Gasteiger partial charge >= 0.3 is 0 Å². The van der Waals surface area contributed by atoms with Crippen molar-refractivity contribution in [1.29, 1.82) is 0 Å². The summed E-state index contributed by atoms with van der Waals surface area (Å²) in [5, 5.41) is 7.34. The molecule has 0 aliphatic carbocycles. The number of aryl methyl sites for hydroxylation is 1. The maximum absolute atomic E-state index is 13.1. The van der Waals surface area contributed by atoms with Gasteiger partial charge in [-0.2, -0.15) is 4.31 Å². The van der Waals surface area contributed by atoms with Crippen LogP contribution in [0.15, 0.2) is 62.6 Å². The second kappa shape index (κ2) is 9.16. The summed E-state index contributed by atoms with van der Waals surface area (Å²) in [4.78, 5) is 17.7. The molecule has 0 bridgehead atoms. The minimum atomic E-state index is -3.53. The van der Waals surface area contributed by atoms with Gasteiger partial charge in [-0.15, -0.1) is 0 Å². The number of hydrogen-bond acceptors (Lipinski definition) is 7. The Hall–Kier alpha value is -3.50. The number of carbonyl (C=O) groups is 1. The number of nitrogens with one attached hydrogen (secondary N) is 1. The number of nitrogens with zero attached hydrogens (tertiary/aromatic N) is 3. The van der Waals surface area contributed by atoms with Crippen LogP contribution < -0.4 is 5.32 Å². The van der Waals surface area contributed by atoms with Crippen molar-refractivity contribution in [3.05, 3.63) is 65.5 Å². The first-order chi connectivity index (χ1) is 15.8. The SMILES string of the molecule is CCN(CC)S(=O)(=O)c1ccc(CNC(=O)c2cc(-c3ccco3)nc3onc(C)c23)cc1. The Bertz CT molecular complexity index is 1370. The topological polar surface area (TPSA) is 119 Å². The molecular formula is C23H24N4O5S. The second-order valence-electron chi connectivity index (χ2n) is 7.40. The molecule has 0 fully saturated rings. The Balaban J connectivity index is 1.55. The number of furan rings is 1. The Morgan fingerprint density at radius 1 is 1.12 bits per heavy atom. The van der Waals surface area contributed by atoms with Gasteiger partial charge in [-0.3, -0.25) is 4.79 Å². The van der Waals surface area contributed by atoms with E-state index < -0.39 is 10.0 Å². The molecule has 9 nitrogen and oxygen atoms in total. The summed E-state index contributed by atoms with van der Waals surface area (Å²) in [6, 6.07) is 11.6. The van der Waals surface area contributed by atoms with Crippen LogP contribution in [0.4, 0.5) is 0 Å². The molecule has 1 aromatic carbocycles. The van der Waals surface area contributed by atoms with Crippen LogP contribution in [0.1, 0.15) is 35.5 Å². The molecular weight excluding hydrogens is 444 g/mol. The molecule has 0 aliphatic heterocycles. The Morgan fingerprint density at radius 3 is 2.48 bits per heavy atom. The summed E-state index contributed by atoms with van der Waals surface area (Å²) in [6.45, 7) is 6.37. The molecule has 4 aromatic rings. The van der Waals surface area contributed by atoms with Gasteiger partial charge < -0.3 is 14.3 Å². The van der Waals surface area contributed by atoms with E-state index in [0.717, 1.165) is 5.56 Å². The van der Waals surface area contributed by atoms with Gasteiger partial charge in [0.25, 0.3) is 11.6 Å². The number of amides is 1. The Morgan fingerprint density at radius 2 is 1.85 bits per heavy atom. The molecule has 0 spiro atoms. The molecule has 0 radical (unpaired) electrons. The number of fused-ring (bicyclic) bond motifs is 1. The maximum atomic E-state index is 13.1. The van der Waals surface area contributed by atoms with Crippen LogP contribution in [0.5, 0.6) is 0 Å². The fourth-order valence-corrected chi connectivity index (χ4v) is 5.05. The van der Waals surface area contributed by atoms with Crippen LogP contribution in [0.3, 0.4) is 0 Å². The smallest absolute Gasteiger partial charge is 0.259 e. The number of rotatable bonds is 8. The van der Waals surface area contributed by atoms with Crippen molar-refractivity contribution in [2.45, 2.75) is 32.2 Å². The Kier molecular flexibility index (Phi) is 6.30. The van der Waals surface area contributed by atoms with E-state index in [2.05, 4.69) is 15.5 Å². The van der Waals surface area contributed by atoms with Crippen molar-refractivity contribution in [2.75, 3.05) is 13.1 Å². The van der Waals surface area contributed by atoms with Gasteiger partial charge in [0.2, 0.25) is 10.0 Å². The number of benzene rings is 1.